The summed E-state index contributed by atoms with van der Waals surface area (Å²) >= 11 is 12.5. The Kier molecular flexibility index (Phi) is 4.06. The Hall–Kier alpha value is -0.970. The molecule has 0 spiro atoms. The molecule has 0 bridgehead atoms. The summed E-state index contributed by atoms with van der Waals surface area (Å²) in [6.45, 7) is 4.19. The van der Waals surface area contributed by atoms with Crippen molar-refractivity contribution < 1.29 is 4.79 Å². The van der Waals surface area contributed by atoms with Crippen LogP contribution in [-0.4, -0.2) is 49.6 Å². The average molecular weight is 314 g/mol. The highest BCUT2D eigenvalue weighted by Crippen LogP contribution is 2.34. The predicted octanol–water partition coefficient (Wildman–Crippen LogP) is 2.00. The average Bonchev–Trinajstić information content (AvgIpc) is 2.86. The lowest BCUT2D eigenvalue weighted by molar-refractivity contribution is -0.123. The summed E-state index contributed by atoms with van der Waals surface area (Å²) in [5.74, 6) is 0.161. The van der Waals surface area contributed by atoms with Crippen LogP contribution in [0.5, 0.6) is 0 Å². The molecule has 1 atom stereocenters. The first-order chi connectivity index (χ1) is 9.66. The molecular weight excluding hydrogens is 297 g/mol. The summed E-state index contributed by atoms with van der Waals surface area (Å²) in [7, 11) is 0. The number of hydrogen-bond acceptors (Lipinski definition) is 3. The van der Waals surface area contributed by atoms with Gasteiger partial charge in [-0.05, 0) is 18.6 Å². The van der Waals surface area contributed by atoms with E-state index in [0.29, 0.717) is 10.0 Å². The number of carbonyl (C=O) groups excluding carboxylic acids is 1. The summed E-state index contributed by atoms with van der Waals surface area (Å²) in [6, 6.07) is 5.62. The first-order valence-electron chi connectivity index (χ1n) is 6.87. The molecule has 4 nitrogen and oxygen atoms in total. The number of nitrogens with zero attached hydrogens (tertiary/aromatic N) is 2. The first-order valence-corrected chi connectivity index (χ1v) is 7.63. The van der Waals surface area contributed by atoms with Crippen LogP contribution in [0, 0.1) is 0 Å². The van der Waals surface area contributed by atoms with Gasteiger partial charge in [-0.3, -0.25) is 9.69 Å². The fourth-order valence-electron chi connectivity index (χ4n) is 2.98. The van der Waals surface area contributed by atoms with E-state index in [9.17, 15) is 4.79 Å². The van der Waals surface area contributed by atoms with Gasteiger partial charge in [-0.25, -0.2) is 0 Å². The van der Waals surface area contributed by atoms with Crippen LogP contribution in [-0.2, 0) is 4.79 Å². The second-order valence-electron chi connectivity index (χ2n) is 5.19. The van der Waals surface area contributed by atoms with Crippen LogP contribution in [0.4, 0.5) is 5.69 Å². The van der Waals surface area contributed by atoms with Gasteiger partial charge in [0.2, 0.25) is 5.91 Å². The highest BCUT2D eigenvalue weighted by Gasteiger charge is 2.32. The van der Waals surface area contributed by atoms with Crippen molar-refractivity contribution in [3.63, 3.8) is 0 Å². The van der Waals surface area contributed by atoms with Crippen LogP contribution in [0.25, 0.3) is 0 Å². The maximum atomic E-state index is 11.7. The summed E-state index contributed by atoms with van der Waals surface area (Å²) < 4.78 is 0. The summed E-state index contributed by atoms with van der Waals surface area (Å²) in [5, 5.41) is 4.26. The summed E-state index contributed by atoms with van der Waals surface area (Å²) in [4.78, 5) is 16.2. The Morgan fingerprint density at radius 1 is 1.10 bits per heavy atom. The number of para-hydroxylation sites is 1. The van der Waals surface area contributed by atoms with Crippen molar-refractivity contribution in [3.8, 4) is 0 Å². The van der Waals surface area contributed by atoms with E-state index in [-0.39, 0.29) is 11.9 Å². The van der Waals surface area contributed by atoms with Gasteiger partial charge in [0.1, 0.15) is 0 Å². The zero-order chi connectivity index (χ0) is 14.1. The lowest BCUT2D eigenvalue weighted by Gasteiger charge is -2.38. The first kappa shape index (κ1) is 14.0. The lowest BCUT2D eigenvalue weighted by atomic mass is 10.1. The van der Waals surface area contributed by atoms with E-state index >= 15 is 0 Å². The minimum absolute atomic E-state index is 0.0406. The number of amides is 1. The monoisotopic (exact) mass is 313 g/mol. The van der Waals surface area contributed by atoms with Crippen molar-refractivity contribution in [1.29, 1.82) is 0 Å². The van der Waals surface area contributed by atoms with E-state index in [1.54, 1.807) is 0 Å². The molecule has 6 heteroatoms. The SMILES string of the molecule is O=C1NCC[C@H]1N1CCN(c2c(Cl)cccc2Cl)CC1. The molecule has 1 amide bonds. The highest BCUT2D eigenvalue weighted by molar-refractivity contribution is 6.39. The molecule has 2 aliphatic rings. The van der Waals surface area contributed by atoms with Crippen molar-refractivity contribution >= 4 is 34.8 Å². The van der Waals surface area contributed by atoms with Gasteiger partial charge in [-0.2, -0.15) is 0 Å². The van der Waals surface area contributed by atoms with E-state index in [1.165, 1.54) is 0 Å². The number of benzene rings is 1. The molecule has 108 valence electrons. The second-order valence-corrected chi connectivity index (χ2v) is 6.00. The Morgan fingerprint density at radius 3 is 2.30 bits per heavy atom. The van der Waals surface area contributed by atoms with Gasteiger partial charge in [0, 0.05) is 32.7 Å². The quantitative estimate of drug-likeness (QED) is 0.907. The topological polar surface area (TPSA) is 35.6 Å². The van der Waals surface area contributed by atoms with Crippen molar-refractivity contribution in [2.45, 2.75) is 12.5 Å². The third-order valence-corrected chi connectivity index (χ3v) is 4.64. The zero-order valence-corrected chi connectivity index (χ0v) is 12.6. The maximum absolute atomic E-state index is 11.7. The van der Waals surface area contributed by atoms with Crippen LogP contribution in [0.1, 0.15) is 6.42 Å². The fourth-order valence-corrected chi connectivity index (χ4v) is 3.61. The van der Waals surface area contributed by atoms with Crippen LogP contribution < -0.4 is 10.2 Å². The lowest BCUT2D eigenvalue weighted by Crippen LogP contribution is -2.52. The van der Waals surface area contributed by atoms with Gasteiger partial charge in [0.15, 0.2) is 0 Å². The van der Waals surface area contributed by atoms with Crippen LogP contribution >= 0.6 is 23.2 Å². The third kappa shape index (κ3) is 2.60. The highest BCUT2D eigenvalue weighted by atomic mass is 35.5. The normalized spacial score (nSPS) is 24.0. The van der Waals surface area contributed by atoms with E-state index in [0.717, 1.165) is 44.8 Å². The van der Waals surface area contributed by atoms with Crippen molar-refractivity contribution in [3.05, 3.63) is 28.2 Å². The zero-order valence-electron chi connectivity index (χ0n) is 11.1. The molecule has 3 rings (SSSR count). The van der Waals surface area contributed by atoms with E-state index in [2.05, 4.69) is 15.1 Å². The minimum atomic E-state index is 0.0406. The number of halogens is 2. The summed E-state index contributed by atoms with van der Waals surface area (Å²) in [6.07, 6.45) is 0.908. The third-order valence-electron chi connectivity index (χ3n) is 4.03. The molecule has 0 aliphatic carbocycles. The number of piperazine rings is 1. The fraction of sp³-hybridized carbons (Fsp3) is 0.500. The molecule has 2 heterocycles. The minimum Gasteiger partial charge on any atom is -0.367 e. The van der Waals surface area contributed by atoms with Crippen LogP contribution in [0.2, 0.25) is 10.0 Å². The number of carbonyl (C=O) groups is 1. The summed E-state index contributed by atoms with van der Waals surface area (Å²) in [5.41, 5.74) is 0.909. The van der Waals surface area contributed by atoms with E-state index in [4.69, 9.17) is 23.2 Å². The smallest absolute Gasteiger partial charge is 0.237 e. The van der Waals surface area contributed by atoms with Gasteiger partial charge in [-0.15, -0.1) is 0 Å². The Balaban J connectivity index is 1.68. The van der Waals surface area contributed by atoms with E-state index < -0.39 is 0 Å². The molecule has 0 saturated carbocycles. The number of nitrogens with one attached hydrogen (secondary N) is 1. The van der Waals surface area contributed by atoms with Gasteiger partial charge in [-0.1, -0.05) is 29.3 Å². The number of rotatable bonds is 2. The van der Waals surface area contributed by atoms with Gasteiger partial charge < -0.3 is 10.2 Å². The molecule has 0 aromatic heterocycles. The standard InChI is InChI=1S/C14H17Cl2N3O/c15-10-2-1-3-11(16)13(10)19-8-6-18(7-9-19)12-4-5-17-14(12)20/h1-3,12H,4-9H2,(H,17,20)/t12-/m1/s1. The van der Waals surface area contributed by atoms with Crippen molar-refractivity contribution in [1.82, 2.24) is 10.2 Å². The van der Waals surface area contributed by atoms with E-state index in [1.807, 2.05) is 18.2 Å². The molecule has 2 saturated heterocycles. The Morgan fingerprint density at radius 2 is 1.75 bits per heavy atom. The van der Waals surface area contributed by atoms with Crippen molar-refractivity contribution in [2.75, 3.05) is 37.6 Å². The Labute approximate surface area is 128 Å². The van der Waals surface area contributed by atoms with Crippen LogP contribution in [0.3, 0.4) is 0 Å². The Bertz CT molecular complexity index is 495. The predicted molar refractivity (Wildman–Crippen MR) is 81.7 cm³/mol. The molecule has 1 aromatic carbocycles. The van der Waals surface area contributed by atoms with Gasteiger partial charge in [0.25, 0.3) is 0 Å². The molecule has 0 unspecified atom stereocenters. The van der Waals surface area contributed by atoms with Gasteiger partial charge in [0.05, 0.1) is 21.8 Å². The molecule has 0 radical (unpaired) electrons. The van der Waals surface area contributed by atoms with Crippen molar-refractivity contribution in [2.24, 2.45) is 0 Å². The molecule has 2 aliphatic heterocycles. The molecule has 1 N–H and O–H groups in total. The number of anilines is 1. The van der Waals surface area contributed by atoms with Gasteiger partial charge >= 0.3 is 0 Å². The molecular formula is C14H17Cl2N3O. The van der Waals surface area contributed by atoms with Crippen LogP contribution in [0.15, 0.2) is 18.2 Å². The largest absolute Gasteiger partial charge is 0.367 e. The number of hydrogen-bond donors (Lipinski definition) is 1. The molecule has 2 fully saturated rings. The second kappa shape index (κ2) is 5.80. The maximum Gasteiger partial charge on any atom is 0.237 e. The molecule has 20 heavy (non-hydrogen) atoms. The molecule has 1 aromatic rings.